The monoisotopic (exact) mass is 698 g/mol. The van der Waals surface area contributed by atoms with Crippen LogP contribution in [0.4, 0.5) is 22.0 Å². The predicted octanol–water partition coefficient (Wildman–Crippen LogP) is 6.11. The molecule has 3 aromatic rings. The quantitative estimate of drug-likeness (QED) is 0.285. The predicted molar refractivity (Wildman–Crippen MR) is 171 cm³/mol. The molecule has 16 heteroatoms. The number of rotatable bonds is 7. The highest BCUT2D eigenvalue weighted by molar-refractivity contribution is 5.92. The van der Waals surface area contributed by atoms with E-state index in [1.54, 1.807) is 27.7 Å². The van der Waals surface area contributed by atoms with Gasteiger partial charge in [-0.2, -0.15) is 23.4 Å². The van der Waals surface area contributed by atoms with Crippen LogP contribution < -0.4 is 10.6 Å². The van der Waals surface area contributed by atoms with Crippen LogP contribution >= 0.6 is 0 Å². The molecule has 0 spiro atoms. The molecule has 5 heterocycles. The highest BCUT2D eigenvalue weighted by atomic mass is 19.4. The molecular formula is C33H47F5N8O3. The Bertz CT molecular complexity index is 1520. The molecule has 2 aliphatic heterocycles. The SMILES string of the molecule is CCn1nccc1C(=O)NC(c1cn2nc(C)c(C(C)(C)C3CCOCC3)nc2n1)C1CCC(F)(F)CC1.FC(F)F.O=C1CCCCN1. The van der Waals surface area contributed by atoms with Crippen LogP contribution in [0.3, 0.4) is 0 Å². The number of alkyl halides is 5. The number of halogens is 5. The normalized spacial score (nSPS) is 19.3. The van der Waals surface area contributed by atoms with Crippen molar-refractivity contribution in [2.45, 2.75) is 116 Å². The van der Waals surface area contributed by atoms with Gasteiger partial charge >= 0.3 is 6.68 Å². The van der Waals surface area contributed by atoms with Crippen molar-refractivity contribution >= 4 is 17.6 Å². The van der Waals surface area contributed by atoms with E-state index in [0.717, 1.165) is 63.3 Å². The number of carbonyl (C=O) groups excluding carboxylic acids is 2. The van der Waals surface area contributed by atoms with Gasteiger partial charge in [0, 0.05) is 57.2 Å². The number of ether oxygens (including phenoxy) is 1. The molecule has 1 unspecified atom stereocenters. The number of aryl methyl sites for hydroxylation is 2. The molecule has 3 fully saturated rings. The van der Waals surface area contributed by atoms with Crippen LogP contribution in [0.15, 0.2) is 18.5 Å². The molecule has 6 rings (SSSR count). The molecule has 3 aromatic heterocycles. The maximum absolute atomic E-state index is 14.0. The van der Waals surface area contributed by atoms with Crippen LogP contribution in [0.1, 0.15) is 112 Å². The Morgan fingerprint density at radius 1 is 1.12 bits per heavy atom. The van der Waals surface area contributed by atoms with Gasteiger partial charge in [-0.05, 0) is 70.3 Å². The van der Waals surface area contributed by atoms with Crippen molar-refractivity contribution in [2.24, 2.45) is 11.8 Å². The van der Waals surface area contributed by atoms with Crippen LogP contribution in [-0.2, 0) is 21.5 Å². The summed E-state index contributed by atoms with van der Waals surface area (Å²) >= 11 is 0. The summed E-state index contributed by atoms with van der Waals surface area (Å²) in [5.74, 6) is -2.08. The minimum Gasteiger partial charge on any atom is -0.381 e. The Morgan fingerprint density at radius 3 is 2.37 bits per heavy atom. The van der Waals surface area contributed by atoms with Gasteiger partial charge in [0.15, 0.2) is 0 Å². The van der Waals surface area contributed by atoms with Crippen LogP contribution in [0.25, 0.3) is 5.78 Å². The number of nitrogens with one attached hydrogen (secondary N) is 2. The average molecular weight is 699 g/mol. The van der Waals surface area contributed by atoms with E-state index < -0.39 is 18.6 Å². The summed E-state index contributed by atoms with van der Waals surface area (Å²) in [6.07, 6.45) is 8.43. The summed E-state index contributed by atoms with van der Waals surface area (Å²) in [6, 6.07) is 1.11. The number of hydrogen-bond donors (Lipinski definition) is 2. The molecular weight excluding hydrogens is 651 g/mol. The van der Waals surface area contributed by atoms with Crippen molar-refractivity contribution in [3.63, 3.8) is 0 Å². The van der Waals surface area contributed by atoms with Crippen LogP contribution in [-0.4, -0.2) is 73.5 Å². The highest BCUT2D eigenvalue weighted by Crippen LogP contribution is 2.42. The first-order chi connectivity index (χ1) is 23.2. The molecule has 1 aliphatic carbocycles. The van der Waals surface area contributed by atoms with E-state index in [4.69, 9.17) is 19.8 Å². The van der Waals surface area contributed by atoms with E-state index in [0.29, 0.717) is 42.5 Å². The molecule has 0 bridgehead atoms. The summed E-state index contributed by atoms with van der Waals surface area (Å²) in [6.45, 7) is 7.51. The fraction of sp³-hybridized carbons (Fsp3) is 0.697. The van der Waals surface area contributed by atoms with Crippen molar-refractivity contribution in [1.29, 1.82) is 0 Å². The second-order valence-electron chi connectivity index (χ2n) is 13.3. The zero-order valence-corrected chi connectivity index (χ0v) is 28.5. The summed E-state index contributed by atoms with van der Waals surface area (Å²) < 4.78 is 65.8. The van der Waals surface area contributed by atoms with Crippen LogP contribution in [0, 0.1) is 18.8 Å². The topological polar surface area (TPSA) is 128 Å². The maximum atomic E-state index is 14.0. The second-order valence-corrected chi connectivity index (χ2v) is 13.3. The molecule has 0 radical (unpaired) electrons. The largest absolute Gasteiger partial charge is 0.381 e. The van der Waals surface area contributed by atoms with Crippen molar-refractivity contribution in [3.8, 4) is 0 Å². The molecule has 1 saturated carbocycles. The number of aromatic nitrogens is 6. The van der Waals surface area contributed by atoms with E-state index in [2.05, 4.69) is 29.6 Å². The number of imidazole rings is 1. The van der Waals surface area contributed by atoms with E-state index in [1.165, 1.54) is 0 Å². The van der Waals surface area contributed by atoms with Gasteiger partial charge in [-0.25, -0.2) is 23.3 Å². The molecule has 0 aromatic carbocycles. The minimum absolute atomic E-state index is 0.180. The summed E-state index contributed by atoms with van der Waals surface area (Å²) in [5, 5.41) is 14.8. The molecule has 49 heavy (non-hydrogen) atoms. The molecule has 2 saturated heterocycles. The summed E-state index contributed by atoms with van der Waals surface area (Å²) in [7, 11) is 0. The summed E-state index contributed by atoms with van der Waals surface area (Å²) in [5.41, 5.74) is 2.52. The fourth-order valence-corrected chi connectivity index (χ4v) is 6.84. The zero-order valence-electron chi connectivity index (χ0n) is 28.5. The number of carbonyl (C=O) groups is 2. The third-order valence-corrected chi connectivity index (χ3v) is 9.59. The fourth-order valence-electron chi connectivity index (χ4n) is 6.84. The Hall–Kier alpha value is -3.69. The van der Waals surface area contributed by atoms with Crippen molar-refractivity contribution < 1.29 is 36.3 Å². The Morgan fingerprint density at radius 2 is 1.80 bits per heavy atom. The van der Waals surface area contributed by atoms with E-state index in [9.17, 15) is 31.5 Å². The lowest BCUT2D eigenvalue weighted by Gasteiger charge is -2.36. The molecule has 2 N–H and O–H groups in total. The van der Waals surface area contributed by atoms with Gasteiger partial charge in [0.25, 0.3) is 11.7 Å². The Kier molecular flexibility index (Phi) is 13.1. The number of hydrogen-bond acceptors (Lipinski definition) is 7. The van der Waals surface area contributed by atoms with E-state index in [-0.39, 0.29) is 36.0 Å². The van der Waals surface area contributed by atoms with Gasteiger partial charge in [-0.1, -0.05) is 13.8 Å². The van der Waals surface area contributed by atoms with Gasteiger partial charge in [-0.3, -0.25) is 14.3 Å². The number of fused-ring (bicyclic) bond motifs is 1. The van der Waals surface area contributed by atoms with Crippen molar-refractivity contribution in [1.82, 2.24) is 40.0 Å². The summed E-state index contributed by atoms with van der Waals surface area (Å²) in [4.78, 5) is 33.4. The third-order valence-electron chi connectivity index (χ3n) is 9.59. The highest BCUT2D eigenvalue weighted by Gasteiger charge is 2.40. The zero-order chi connectivity index (χ0) is 35.8. The molecule has 2 amide bonds. The first-order valence-corrected chi connectivity index (χ1v) is 16.9. The number of piperidine rings is 1. The van der Waals surface area contributed by atoms with Crippen molar-refractivity contribution in [3.05, 3.63) is 41.2 Å². The maximum Gasteiger partial charge on any atom is 0.379 e. The van der Waals surface area contributed by atoms with Gasteiger partial charge in [-0.15, -0.1) is 0 Å². The number of nitrogens with zero attached hydrogens (tertiary/aromatic N) is 6. The first-order valence-electron chi connectivity index (χ1n) is 16.9. The standard InChI is InChI=1S/C27H37F2N7O2.C5H9NO.CHF3/c1-5-35-21(8-13-30-35)24(37)32-22(18-6-11-27(28,29)12-7-18)20-16-36-25(31-20)33-23(17(2)34-36)26(3,4)19-9-14-38-15-10-19;7-5-3-1-2-4-6-5;2-1(3)4/h8,13,16,18-19,22H,5-7,9-12,14-15H2,1-4H3,(H,32,37);1-4H2,(H,6,7);1H. The molecule has 1 atom stereocenters. The lowest BCUT2D eigenvalue weighted by Crippen LogP contribution is -2.38. The smallest absolute Gasteiger partial charge is 0.379 e. The Balaban J connectivity index is 0.000000421. The average Bonchev–Trinajstić information content (AvgIpc) is 3.71. The van der Waals surface area contributed by atoms with Crippen LogP contribution in [0.5, 0.6) is 0 Å². The first kappa shape index (κ1) is 38.1. The van der Waals surface area contributed by atoms with Crippen LogP contribution in [0.2, 0.25) is 0 Å². The third kappa shape index (κ3) is 10.2. The molecule has 3 aliphatic rings. The van der Waals surface area contributed by atoms with Gasteiger partial charge in [0.1, 0.15) is 5.69 Å². The van der Waals surface area contributed by atoms with E-state index >= 15 is 0 Å². The van der Waals surface area contributed by atoms with Gasteiger partial charge < -0.3 is 15.4 Å². The lowest BCUT2D eigenvalue weighted by molar-refractivity contribution is -0.122. The molecule has 272 valence electrons. The van der Waals surface area contributed by atoms with Crippen molar-refractivity contribution in [2.75, 3.05) is 19.8 Å². The molecule has 11 nitrogen and oxygen atoms in total. The minimum atomic E-state index is -3.67. The lowest BCUT2D eigenvalue weighted by atomic mass is 9.72. The number of amides is 2. The Labute approximate surface area is 282 Å². The van der Waals surface area contributed by atoms with Gasteiger partial charge in [0.2, 0.25) is 11.8 Å². The van der Waals surface area contributed by atoms with Gasteiger partial charge in [0.05, 0.1) is 29.3 Å². The van der Waals surface area contributed by atoms with E-state index in [1.807, 2.05) is 13.8 Å². The second kappa shape index (κ2) is 16.8.